The van der Waals surface area contributed by atoms with Crippen LogP contribution in [0.15, 0.2) is 18.2 Å². The minimum Gasteiger partial charge on any atom is -0.371 e. The first-order valence-electron chi connectivity index (χ1n) is 4.87. The Bertz CT molecular complexity index is 389. The molecule has 0 unspecified atom stereocenters. The van der Waals surface area contributed by atoms with E-state index in [4.69, 9.17) is 0 Å². The molecule has 4 nitrogen and oxygen atoms in total. The zero-order chi connectivity index (χ0) is 10.8. The summed E-state index contributed by atoms with van der Waals surface area (Å²) in [5, 5.41) is 10.8. The van der Waals surface area contributed by atoms with Crippen LogP contribution in [0.2, 0.25) is 0 Å². The Hall–Kier alpha value is -0.850. The molecule has 1 heterocycles. The molecule has 2 rings (SSSR count). The first-order chi connectivity index (χ1) is 7.18. The van der Waals surface area contributed by atoms with Gasteiger partial charge in [-0.3, -0.25) is 10.1 Å². The van der Waals surface area contributed by atoms with Crippen molar-refractivity contribution in [3.05, 3.63) is 31.9 Å². The van der Waals surface area contributed by atoms with E-state index >= 15 is 0 Å². The molecular weight excluding hydrogens is 307 g/mol. The van der Waals surface area contributed by atoms with E-state index in [9.17, 15) is 10.1 Å². The Labute approximate surface area is 102 Å². The van der Waals surface area contributed by atoms with Gasteiger partial charge in [0.15, 0.2) is 0 Å². The lowest BCUT2D eigenvalue weighted by Gasteiger charge is -2.17. The second-order valence-electron chi connectivity index (χ2n) is 3.59. The van der Waals surface area contributed by atoms with E-state index in [1.54, 1.807) is 6.07 Å². The number of rotatable bonds is 2. The highest BCUT2D eigenvalue weighted by atomic mass is 127. The van der Waals surface area contributed by atoms with E-state index in [-0.39, 0.29) is 10.6 Å². The van der Waals surface area contributed by atoms with Gasteiger partial charge in [0.1, 0.15) is 0 Å². The average Bonchev–Trinajstić information content (AvgIpc) is 2.71. The van der Waals surface area contributed by atoms with Crippen LogP contribution in [-0.4, -0.2) is 18.0 Å². The van der Waals surface area contributed by atoms with Crippen LogP contribution in [0.3, 0.4) is 0 Å². The summed E-state index contributed by atoms with van der Waals surface area (Å²) < 4.78 is 0.695. The number of nitro benzene ring substituents is 1. The lowest BCUT2D eigenvalue weighted by atomic mass is 10.2. The summed E-state index contributed by atoms with van der Waals surface area (Å²) >= 11 is 2.00. The van der Waals surface area contributed by atoms with E-state index in [1.165, 1.54) is 12.8 Å². The molecule has 0 saturated carbocycles. The Morgan fingerprint density at radius 1 is 1.33 bits per heavy atom. The van der Waals surface area contributed by atoms with Gasteiger partial charge < -0.3 is 4.90 Å². The molecule has 0 amide bonds. The lowest BCUT2D eigenvalue weighted by Crippen LogP contribution is -2.17. The van der Waals surface area contributed by atoms with Crippen molar-refractivity contribution in [2.75, 3.05) is 18.0 Å². The first kappa shape index (κ1) is 10.7. The van der Waals surface area contributed by atoms with Crippen LogP contribution in [0.1, 0.15) is 12.8 Å². The summed E-state index contributed by atoms with van der Waals surface area (Å²) in [7, 11) is 0. The van der Waals surface area contributed by atoms with Gasteiger partial charge in [0, 0.05) is 24.8 Å². The molecule has 0 bridgehead atoms. The number of hydrogen-bond donors (Lipinski definition) is 0. The number of halogens is 1. The van der Waals surface area contributed by atoms with Gasteiger partial charge in [-0.25, -0.2) is 0 Å². The van der Waals surface area contributed by atoms with Crippen LogP contribution < -0.4 is 4.90 Å². The SMILES string of the molecule is O=[N+]([O-])c1cc(N2CCCC2)ccc1I. The van der Waals surface area contributed by atoms with Gasteiger partial charge in [0.25, 0.3) is 5.69 Å². The monoisotopic (exact) mass is 318 g/mol. The minimum atomic E-state index is -0.318. The Balaban J connectivity index is 2.33. The zero-order valence-electron chi connectivity index (χ0n) is 8.15. The number of benzene rings is 1. The fourth-order valence-electron chi connectivity index (χ4n) is 1.81. The van der Waals surface area contributed by atoms with Crippen molar-refractivity contribution < 1.29 is 4.92 Å². The highest BCUT2D eigenvalue weighted by Crippen LogP contribution is 2.28. The standard InChI is InChI=1S/C10H11IN2O2/c11-9-4-3-8(7-10(9)13(14)15)12-5-1-2-6-12/h3-4,7H,1-2,5-6H2. The van der Waals surface area contributed by atoms with Gasteiger partial charge in [0.2, 0.25) is 0 Å². The maximum atomic E-state index is 10.8. The van der Waals surface area contributed by atoms with Crippen molar-refractivity contribution in [2.45, 2.75) is 12.8 Å². The molecule has 5 heteroatoms. The van der Waals surface area contributed by atoms with Gasteiger partial charge in [-0.05, 0) is 47.6 Å². The fraction of sp³-hybridized carbons (Fsp3) is 0.400. The Kier molecular flexibility index (Phi) is 3.08. The third-order valence-corrected chi connectivity index (χ3v) is 3.51. The van der Waals surface area contributed by atoms with Crippen molar-refractivity contribution >= 4 is 34.0 Å². The molecule has 0 spiro atoms. The van der Waals surface area contributed by atoms with Crippen molar-refractivity contribution in [1.29, 1.82) is 0 Å². The molecule has 0 aromatic heterocycles. The second kappa shape index (κ2) is 4.34. The van der Waals surface area contributed by atoms with Crippen LogP contribution in [0.25, 0.3) is 0 Å². The van der Waals surface area contributed by atoms with Crippen LogP contribution in [0.4, 0.5) is 11.4 Å². The average molecular weight is 318 g/mol. The van der Waals surface area contributed by atoms with E-state index in [0.29, 0.717) is 3.57 Å². The predicted octanol–water partition coefficient (Wildman–Crippen LogP) is 2.80. The number of nitrogens with zero attached hydrogens (tertiary/aromatic N) is 2. The quantitative estimate of drug-likeness (QED) is 0.478. The van der Waals surface area contributed by atoms with Gasteiger partial charge in [-0.2, -0.15) is 0 Å². The topological polar surface area (TPSA) is 46.4 Å². The molecule has 15 heavy (non-hydrogen) atoms. The van der Waals surface area contributed by atoms with Gasteiger partial charge in [-0.15, -0.1) is 0 Å². The Morgan fingerprint density at radius 3 is 2.60 bits per heavy atom. The number of nitro groups is 1. The van der Waals surface area contributed by atoms with E-state index in [0.717, 1.165) is 18.8 Å². The van der Waals surface area contributed by atoms with E-state index < -0.39 is 0 Å². The summed E-state index contributed by atoms with van der Waals surface area (Å²) in [5.41, 5.74) is 1.18. The highest BCUT2D eigenvalue weighted by Gasteiger charge is 2.17. The van der Waals surface area contributed by atoms with Crippen LogP contribution in [0.5, 0.6) is 0 Å². The molecule has 1 aliphatic rings. The van der Waals surface area contributed by atoms with Crippen molar-refractivity contribution in [3.8, 4) is 0 Å². The van der Waals surface area contributed by atoms with Gasteiger partial charge >= 0.3 is 0 Å². The number of anilines is 1. The largest absolute Gasteiger partial charge is 0.371 e. The zero-order valence-corrected chi connectivity index (χ0v) is 10.3. The maximum Gasteiger partial charge on any atom is 0.284 e. The van der Waals surface area contributed by atoms with Crippen LogP contribution in [-0.2, 0) is 0 Å². The third-order valence-electron chi connectivity index (χ3n) is 2.60. The smallest absolute Gasteiger partial charge is 0.284 e. The second-order valence-corrected chi connectivity index (χ2v) is 4.75. The summed E-state index contributed by atoms with van der Waals surface area (Å²) in [5.74, 6) is 0. The highest BCUT2D eigenvalue weighted by molar-refractivity contribution is 14.1. The van der Waals surface area contributed by atoms with Crippen molar-refractivity contribution in [2.24, 2.45) is 0 Å². The predicted molar refractivity (Wildman–Crippen MR) is 67.3 cm³/mol. The molecule has 0 radical (unpaired) electrons. The number of hydrogen-bond acceptors (Lipinski definition) is 3. The molecule has 0 atom stereocenters. The summed E-state index contributed by atoms with van der Waals surface area (Å²) in [6.07, 6.45) is 2.36. The summed E-state index contributed by atoms with van der Waals surface area (Å²) in [6, 6.07) is 5.44. The maximum absolute atomic E-state index is 10.8. The van der Waals surface area contributed by atoms with Gasteiger partial charge in [0.05, 0.1) is 8.49 Å². The molecule has 1 saturated heterocycles. The molecule has 80 valence electrons. The lowest BCUT2D eigenvalue weighted by molar-refractivity contribution is -0.385. The molecule has 1 aliphatic heterocycles. The Morgan fingerprint density at radius 2 is 2.00 bits per heavy atom. The van der Waals surface area contributed by atoms with Gasteiger partial charge in [-0.1, -0.05) is 0 Å². The first-order valence-corrected chi connectivity index (χ1v) is 5.95. The summed E-state index contributed by atoms with van der Waals surface area (Å²) in [6.45, 7) is 2.02. The molecule has 1 aromatic carbocycles. The van der Waals surface area contributed by atoms with Crippen molar-refractivity contribution in [1.82, 2.24) is 0 Å². The molecular formula is C10H11IN2O2. The molecule has 1 fully saturated rings. The van der Waals surface area contributed by atoms with Crippen LogP contribution in [0, 0.1) is 13.7 Å². The van der Waals surface area contributed by atoms with Crippen LogP contribution >= 0.6 is 22.6 Å². The molecule has 0 N–H and O–H groups in total. The fourth-order valence-corrected chi connectivity index (χ4v) is 2.35. The molecule has 0 aliphatic carbocycles. The van der Waals surface area contributed by atoms with Crippen molar-refractivity contribution in [3.63, 3.8) is 0 Å². The normalized spacial score (nSPS) is 15.7. The molecule has 1 aromatic rings. The van der Waals surface area contributed by atoms with E-state index in [2.05, 4.69) is 4.90 Å². The minimum absolute atomic E-state index is 0.208. The summed E-state index contributed by atoms with van der Waals surface area (Å²) in [4.78, 5) is 12.7. The third kappa shape index (κ3) is 2.22. The van der Waals surface area contributed by atoms with E-state index in [1.807, 2.05) is 34.7 Å².